The van der Waals surface area contributed by atoms with E-state index in [9.17, 15) is 13.2 Å². The summed E-state index contributed by atoms with van der Waals surface area (Å²) >= 11 is 13.8. The Labute approximate surface area is 244 Å². The summed E-state index contributed by atoms with van der Waals surface area (Å²) in [4.78, 5) is 13.4. The van der Waals surface area contributed by atoms with Gasteiger partial charge in [-0.2, -0.15) is 11.8 Å². The summed E-state index contributed by atoms with van der Waals surface area (Å²) in [6, 6.07) is 28.1. The number of aryl methyl sites for hydroxylation is 1. The molecule has 0 spiro atoms. The Bertz CT molecular complexity index is 1530. The van der Waals surface area contributed by atoms with Crippen molar-refractivity contribution in [3.63, 3.8) is 0 Å². The van der Waals surface area contributed by atoms with Crippen molar-refractivity contribution in [2.75, 3.05) is 16.6 Å². The Morgan fingerprint density at radius 1 is 0.846 bits per heavy atom. The van der Waals surface area contributed by atoms with E-state index in [1.54, 1.807) is 84.6 Å². The van der Waals surface area contributed by atoms with Gasteiger partial charge in [0.15, 0.2) is 0 Å². The molecule has 0 saturated carbocycles. The van der Waals surface area contributed by atoms with Crippen molar-refractivity contribution in [1.29, 1.82) is 0 Å². The van der Waals surface area contributed by atoms with Crippen LogP contribution < -0.4 is 9.62 Å². The summed E-state index contributed by atoms with van der Waals surface area (Å²) in [5.74, 6) is 1.13. The van der Waals surface area contributed by atoms with Gasteiger partial charge in [0.1, 0.15) is 0 Å². The van der Waals surface area contributed by atoms with E-state index in [4.69, 9.17) is 23.2 Å². The van der Waals surface area contributed by atoms with Crippen LogP contribution in [-0.4, -0.2) is 26.6 Å². The Hall–Kier alpha value is -2.97. The molecule has 4 rings (SSSR count). The van der Waals surface area contributed by atoms with Gasteiger partial charge >= 0.3 is 0 Å². The molecule has 0 aliphatic heterocycles. The second-order valence-electron chi connectivity index (χ2n) is 8.91. The van der Waals surface area contributed by atoms with Gasteiger partial charge in [-0.1, -0.05) is 77.3 Å². The fourth-order valence-corrected chi connectivity index (χ4v) is 6.54. The number of anilines is 1. The fourth-order valence-electron chi connectivity index (χ4n) is 3.92. The second kappa shape index (κ2) is 13.4. The van der Waals surface area contributed by atoms with Crippen LogP contribution in [0.4, 0.5) is 5.69 Å². The Morgan fingerprint density at radius 3 is 2.28 bits per heavy atom. The third kappa shape index (κ3) is 7.79. The molecule has 0 heterocycles. The first-order valence-corrected chi connectivity index (χ1v) is 15.6. The van der Waals surface area contributed by atoms with Crippen molar-refractivity contribution in [3.8, 4) is 0 Å². The lowest BCUT2D eigenvalue weighted by atomic mass is 10.1. The molecule has 0 aliphatic carbocycles. The molecule has 202 valence electrons. The maximum Gasteiger partial charge on any atom is 0.264 e. The number of sulfonamides is 1. The van der Waals surface area contributed by atoms with E-state index < -0.39 is 10.0 Å². The molecule has 1 amide bonds. The molecule has 0 saturated heterocycles. The fraction of sp³-hybridized carbons (Fsp3) is 0.167. The normalized spacial score (nSPS) is 11.3. The number of hydrogen-bond donors (Lipinski definition) is 1. The predicted molar refractivity (Wildman–Crippen MR) is 162 cm³/mol. The lowest BCUT2D eigenvalue weighted by molar-refractivity contribution is 0.0957. The molecule has 0 aromatic heterocycles. The molecular weight excluding hydrogens is 571 g/mol. The first kappa shape index (κ1) is 29.0. The Kier molecular flexibility index (Phi) is 9.97. The molecule has 0 unspecified atom stereocenters. The minimum Gasteiger partial charge on any atom is -0.351 e. The number of carbonyl (C=O) groups excluding carboxylic acids is 1. The van der Waals surface area contributed by atoms with Gasteiger partial charge in [-0.15, -0.1) is 0 Å². The topological polar surface area (TPSA) is 66.5 Å². The summed E-state index contributed by atoms with van der Waals surface area (Å²) in [6.07, 6.45) is 0. The number of halogens is 2. The molecule has 1 N–H and O–H groups in total. The molecular formula is C30H28Cl2N2O3S2. The molecule has 0 aliphatic rings. The quantitative estimate of drug-likeness (QED) is 0.183. The third-order valence-electron chi connectivity index (χ3n) is 5.96. The molecule has 4 aromatic carbocycles. The highest BCUT2D eigenvalue weighted by Gasteiger charge is 2.28. The van der Waals surface area contributed by atoms with Crippen molar-refractivity contribution < 1.29 is 13.2 Å². The zero-order chi connectivity index (χ0) is 27.8. The number of hydrogen-bond acceptors (Lipinski definition) is 4. The van der Waals surface area contributed by atoms with Crippen LogP contribution in [0.25, 0.3) is 0 Å². The SMILES string of the molecule is Cc1ccc(S(=O)(=O)N(Cc2ccc(Cl)cc2)c2ccccc2C(=O)NCCSCc2cccc(Cl)c2)cc1. The standard InChI is InChI=1S/C30H28Cl2N2O3S2/c1-22-9-15-27(16-10-22)39(36,37)34(20-23-11-13-25(31)14-12-23)29-8-3-2-7-28(29)30(35)33-17-18-38-21-24-5-4-6-26(32)19-24/h2-16,19H,17-18,20-21H2,1H3,(H,33,35). The van der Waals surface area contributed by atoms with E-state index in [0.717, 1.165) is 22.4 Å². The highest BCUT2D eigenvalue weighted by molar-refractivity contribution is 7.98. The van der Waals surface area contributed by atoms with E-state index in [1.165, 1.54) is 4.31 Å². The molecule has 9 heteroatoms. The smallest absolute Gasteiger partial charge is 0.264 e. The summed E-state index contributed by atoms with van der Waals surface area (Å²) in [5, 5.41) is 4.19. The summed E-state index contributed by atoms with van der Waals surface area (Å²) in [6.45, 7) is 2.36. The Balaban J connectivity index is 1.55. The summed E-state index contributed by atoms with van der Waals surface area (Å²) in [5.41, 5.74) is 3.39. The van der Waals surface area contributed by atoms with E-state index in [-0.39, 0.29) is 22.9 Å². The number of rotatable bonds is 11. The highest BCUT2D eigenvalue weighted by atomic mass is 35.5. The van der Waals surface area contributed by atoms with Crippen LogP contribution in [-0.2, 0) is 22.3 Å². The number of nitrogens with zero attached hydrogens (tertiary/aromatic N) is 1. The largest absolute Gasteiger partial charge is 0.351 e. The molecule has 0 atom stereocenters. The zero-order valence-corrected chi connectivity index (χ0v) is 24.5. The number of amides is 1. The minimum atomic E-state index is -3.99. The van der Waals surface area contributed by atoms with Crippen LogP contribution in [0.1, 0.15) is 27.0 Å². The lowest BCUT2D eigenvalue weighted by Gasteiger charge is -2.27. The van der Waals surface area contributed by atoms with Crippen LogP contribution in [0.2, 0.25) is 10.0 Å². The molecule has 4 aromatic rings. The third-order valence-corrected chi connectivity index (χ3v) is 9.25. The lowest BCUT2D eigenvalue weighted by Crippen LogP contribution is -2.34. The number of benzene rings is 4. The van der Waals surface area contributed by atoms with Gasteiger partial charge in [0.2, 0.25) is 0 Å². The maximum absolute atomic E-state index is 13.9. The number of carbonyl (C=O) groups is 1. The average Bonchev–Trinajstić information content (AvgIpc) is 2.92. The van der Waals surface area contributed by atoms with Gasteiger partial charge in [-0.3, -0.25) is 9.10 Å². The van der Waals surface area contributed by atoms with Crippen molar-refractivity contribution in [2.45, 2.75) is 24.1 Å². The van der Waals surface area contributed by atoms with E-state index >= 15 is 0 Å². The minimum absolute atomic E-state index is 0.0349. The molecule has 0 bridgehead atoms. The van der Waals surface area contributed by atoms with Crippen LogP contribution in [0, 0.1) is 6.92 Å². The van der Waals surface area contributed by atoms with Gasteiger partial charge in [0, 0.05) is 28.1 Å². The van der Waals surface area contributed by atoms with Gasteiger partial charge in [-0.05, 0) is 66.6 Å². The van der Waals surface area contributed by atoms with Crippen molar-refractivity contribution in [3.05, 3.63) is 129 Å². The molecule has 5 nitrogen and oxygen atoms in total. The van der Waals surface area contributed by atoms with Crippen molar-refractivity contribution in [2.24, 2.45) is 0 Å². The first-order chi connectivity index (χ1) is 18.7. The zero-order valence-electron chi connectivity index (χ0n) is 21.3. The maximum atomic E-state index is 13.9. The number of thioether (sulfide) groups is 1. The van der Waals surface area contributed by atoms with E-state index in [1.807, 2.05) is 31.2 Å². The number of nitrogens with one attached hydrogen (secondary N) is 1. The van der Waals surface area contributed by atoms with Crippen LogP contribution in [0.3, 0.4) is 0 Å². The van der Waals surface area contributed by atoms with Crippen LogP contribution >= 0.6 is 35.0 Å². The summed E-state index contributed by atoms with van der Waals surface area (Å²) < 4.78 is 29.1. The molecule has 39 heavy (non-hydrogen) atoms. The summed E-state index contributed by atoms with van der Waals surface area (Å²) in [7, 11) is -3.99. The van der Waals surface area contributed by atoms with Crippen molar-refractivity contribution >= 4 is 56.6 Å². The van der Waals surface area contributed by atoms with Crippen LogP contribution in [0.5, 0.6) is 0 Å². The Morgan fingerprint density at radius 2 is 1.56 bits per heavy atom. The van der Waals surface area contributed by atoms with Gasteiger partial charge in [-0.25, -0.2) is 8.42 Å². The van der Waals surface area contributed by atoms with Gasteiger partial charge in [0.25, 0.3) is 15.9 Å². The predicted octanol–water partition coefficient (Wildman–Crippen LogP) is 7.36. The van der Waals surface area contributed by atoms with Crippen LogP contribution in [0.15, 0.2) is 102 Å². The highest BCUT2D eigenvalue weighted by Crippen LogP contribution is 2.30. The first-order valence-electron chi connectivity index (χ1n) is 12.3. The number of para-hydroxylation sites is 1. The average molecular weight is 600 g/mol. The van der Waals surface area contributed by atoms with Crippen molar-refractivity contribution in [1.82, 2.24) is 5.32 Å². The molecule has 0 radical (unpaired) electrons. The van der Waals surface area contributed by atoms with E-state index in [0.29, 0.717) is 28.0 Å². The molecule has 0 fully saturated rings. The van der Waals surface area contributed by atoms with E-state index in [2.05, 4.69) is 5.32 Å². The van der Waals surface area contributed by atoms with Gasteiger partial charge < -0.3 is 5.32 Å². The monoisotopic (exact) mass is 598 g/mol. The van der Waals surface area contributed by atoms with Gasteiger partial charge in [0.05, 0.1) is 22.7 Å². The second-order valence-corrected chi connectivity index (χ2v) is 12.7.